The topological polar surface area (TPSA) is 55.4 Å². The third-order valence-electron chi connectivity index (χ3n) is 4.78. The van der Waals surface area contributed by atoms with Crippen LogP contribution < -0.4 is 5.32 Å². The Kier molecular flexibility index (Phi) is 5.86. The normalized spacial score (nSPS) is 32.9. The fourth-order valence-electron chi connectivity index (χ4n) is 3.81. The molecule has 2 unspecified atom stereocenters. The van der Waals surface area contributed by atoms with E-state index >= 15 is 0 Å². The lowest BCUT2D eigenvalue weighted by Crippen LogP contribution is -2.38. The molecule has 1 aliphatic carbocycles. The van der Waals surface area contributed by atoms with Gasteiger partial charge in [0.2, 0.25) is 6.41 Å². The Bertz CT molecular complexity index is 326. The van der Waals surface area contributed by atoms with Gasteiger partial charge in [0.1, 0.15) is 6.04 Å². The number of cyclic esters (lactones) is 1. The summed E-state index contributed by atoms with van der Waals surface area (Å²) in [6.45, 7) is 1.98. The van der Waals surface area contributed by atoms with E-state index in [1.165, 1.54) is 32.1 Å². The van der Waals surface area contributed by atoms with E-state index in [9.17, 15) is 9.59 Å². The van der Waals surface area contributed by atoms with Gasteiger partial charge in [-0.05, 0) is 38.0 Å². The third kappa shape index (κ3) is 4.50. The van der Waals surface area contributed by atoms with E-state index < -0.39 is 6.04 Å². The second kappa shape index (κ2) is 7.65. The fraction of sp³-hybridized carbons (Fsp3) is 0.875. The summed E-state index contributed by atoms with van der Waals surface area (Å²) in [5.41, 5.74) is 0. The van der Waals surface area contributed by atoms with Gasteiger partial charge in [-0.2, -0.15) is 0 Å². The lowest BCUT2D eigenvalue weighted by Gasteiger charge is -2.22. The molecule has 0 bridgehead atoms. The number of ether oxygens (including phenoxy) is 1. The molecule has 4 nitrogen and oxygen atoms in total. The van der Waals surface area contributed by atoms with Crippen LogP contribution in [-0.4, -0.2) is 24.5 Å². The van der Waals surface area contributed by atoms with Gasteiger partial charge in [-0.25, -0.2) is 4.79 Å². The lowest BCUT2D eigenvalue weighted by molar-refractivity contribution is -0.152. The zero-order chi connectivity index (χ0) is 14.4. The van der Waals surface area contributed by atoms with Crippen LogP contribution in [0.3, 0.4) is 0 Å². The van der Waals surface area contributed by atoms with Crippen LogP contribution in [0.25, 0.3) is 0 Å². The molecule has 0 aromatic carbocycles. The number of esters is 1. The van der Waals surface area contributed by atoms with E-state index in [0.29, 0.717) is 18.7 Å². The van der Waals surface area contributed by atoms with Crippen LogP contribution in [0.2, 0.25) is 0 Å². The lowest BCUT2D eigenvalue weighted by atomic mass is 9.86. The van der Waals surface area contributed by atoms with Crippen LogP contribution in [0.15, 0.2) is 0 Å². The Hall–Kier alpha value is -1.06. The Morgan fingerprint density at radius 1 is 1.15 bits per heavy atom. The number of nitrogens with one attached hydrogen (secondary N) is 1. The van der Waals surface area contributed by atoms with Crippen molar-refractivity contribution in [2.75, 3.05) is 0 Å². The first-order chi connectivity index (χ1) is 9.69. The first kappa shape index (κ1) is 15.3. The molecule has 0 aromatic heterocycles. The Labute approximate surface area is 121 Å². The van der Waals surface area contributed by atoms with Crippen molar-refractivity contribution in [2.45, 2.75) is 76.9 Å². The van der Waals surface area contributed by atoms with Crippen molar-refractivity contribution in [1.82, 2.24) is 5.32 Å². The number of carbonyl (C=O) groups excluding carboxylic acids is 2. The molecule has 114 valence electrons. The van der Waals surface area contributed by atoms with Crippen LogP contribution in [0.4, 0.5) is 0 Å². The molecule has 0 spiro atoms. The van der Waals surface area contributed by atoms with E-state index in [-0.39, 0.29) is 12.1 Å². The van der Waals surface area contributed by atoms with Crippen molar-refractivity contribution in [2.24, 2.45) is 11.8 Å². The second-order valence-corrected chi connectivity index (χ2v) is 6.50. The highest BCUT2D eigenvalue weighted by molar-refractivity contribution is 5.78. The highest BCUT2D eigenvalue weighted by Gasteiger charge is 2.27. The van der Waals surface area contributed by atoms with Gasteiger partial charge in [0, 0.05) is 0 Å². The molecule has 4 heteroatoms. The second-order valence-electron chi connectivity index (χ2n) is 6.50. The van der Waals surface area contributed by atoms with Crippen molar-refractivity contribution >= 4 is 12.4 Å². The van der Waals surface area contributed by atoms with Crippen molar-refractivity contribution in [1.29, 1.82) is 0 Å². The predicted molar refractivity (Wildman–Crippen MR) is 77.1 cm³/mol. The highest BCUT2D eigenvalue weighted by Crippen LogP contribution is 2.34. The van der Waals surface area contributed by atoms with Crippen LogP contribution >= 0.6 is 0 Å². The van der Waals surface area contributed by atoms with Gasteiger partial charge in [-0.1, -0.05) is 38.5 Å². The molecule has 2 aliphatic rings. The number of carbonyl (C=O) groups is 2. The van der Waals surface area contributed by atoms with Crippen molar-refractivity contribution in [3.63, 3.8) is 0 Å². The minimum Gasteiger partial charge on any atom is -0.461 e. The summed E-state index contributed by atoms with van der Waals surface area (Å²) in [7, 11) is 0. The van der Waals surface area contributed by atoms with E-state index in [4.69, 9.17) is 4.74 Å². The van der Waals surface area contributed by atoms with Crippen LogP contribution in [-0.2, 0) is 14.3 Å². The Morgan fingerprint density at radius 2 is 1.85 bits per heavy atom. The van der Waals surface area contributed by atoms with Gasteiger partial charge in [0.15, 0.2) is 0 Å². The van der Waals surface area contributed by atoms with Crippen molar-refractivity contribution < 1.29 is 14.3 Å². The standard InChI is InChI=1S/C16H27NO3/c1-12-9-14(10-13-5-2-3-6-13)7-4-8-15(17-11-18)16(19)20-12/h11-15H,2-10H2,1H3,(H,17,18)/t12?,14?,15-/m0/s1. The van der Waals surface area contributed by atoms with E-state index in [1.54, 1.807) is 0 Å². The van der Waals surface area contributed by atoms with E-state index in [0.717, 1.165) is 25.2 Å². The number of amides is 1. The van der Waals surface area contributed by atoms with Gasteiger partial charge >= 0.3 is 5.97 Å². The maximum absolute atomic E-state index is 11.9. The van der Waals surface area contributed by atoms with Crippen LogP contribution in [0.5, 0.6) is 0 Å². The third-order valence-corrected chi connectivity index (χ3v) is 4.78. The quantitative estimate of drug-likeness (QED) is 0.637. The van der Waals surface area contributed by atoms with E-state index in [1.807, 2.05) is 6.92 Å². The Balaban J connectivity index is 1.90. The summed E-state index contributed by atoms with van der Waals surface area (Å²) in [5.74, 6) is 1.27. The number of hydrogen-bond acceptors (Lipinski definition) is 3. The molecule has 1 amide bonds. The van der Waals surface area contributed by atoms with Crippen LogP contribution in [0.1, 0.15) is 64.7 Å². The molecule has 1 saturated carbocycles. The van der Waals surface area contributed by atoms with Gasteiger partial charge in [-0.15, -0.1) is 0 Å². The summed E-state index contributed by atoms with van der Waals surface area (Å²) in [6.07, 6.45) is 11.2. The average molecular weight is 281 g/mol. The fourth-order valence-corrected chi connectivity index (χ4v) is 3.81. The molecule has 0 radical (unpaired) electrons. The molecule has 0 aromatic rings. The maximum Gasteiger partial charge on any atom is 0.328 e. The van der Waals surface area contributed by atoms with Crippen LogP contribution in [0, 0.1) is 11.8 Å². The molecule has 1 aliphatic heterocycles. The zero-order valence-corrected chi connectivity index (χ0v) is 12.5. The van der Waals surface area contributed by atoms with Crippen molar-refractivity contribution in [3.05, 3.63) is 0 Å². The largest absolute Gasteiger partial charge is 0.461 e. The smallest absolute Gasteiger partial charge is 0.328 e. The Morgan fingerprint density at radius 3 is 2.55 bits per heavy atom. The van der Waals surface area contributed by atoms with Gasteiger partial charge in [0.05, 0.1) is 6.10 Å². The summed E-state index contributed by atoms with van der Waals surface area (Å²) in [6, 6.07) is -0.458. The molecule has 3 atom stereocenters. The molecule has 2 fully saturated rings. The van der Waals surface area contributed by atoms with E-state index in [2.05, 4.69) is 5.32 Å². The molecule has 1 heterocycles. The first-order valence-electron chi connectivity index (χ1n) is 8.09. The van der Waals surface area contributed by atoms with Gasteiger partial charge < -0.3 is 10.1 Å². The summed E-state index contributed by atoms with van der Waals surface area (Å²) in [5, 5.41) is 2.58. The highest BCUT2D eigenvalue weighted by atomic mass is 16.5. The van der Waals surface area contributed by atoms with Gasteiger partial charge in [0.25, 0.3) is 0 Å². The molecule has 1 N–H and O–H groups in total. The summed E-state index contributed by atoms with van der Waals surface area (Å²) >= 11 is 0. The molecule has 2 rings (SSSR count). The predicted octanol–water partition coefficient (Wildman–Crippen LogP) is 2.80. The molecular formula is C16H27NO3. The minimum atomic E-state index is -0.458. The first-order valence-corrected chi connectivity index (χ1v) is 8.09. The zero-order valence-electron chi connectivity index (χ0n) is 12.5. The van der Waals surface area contributed by atoms with Crippen molar-refractivity contribution in [3.8, 4) is 0 Å². The number of rotatable bonds is 4. The molecule has 20 heavy (non-hydrogen) atoms. The van der Waals surface area contributed by atoms with Gasteiger partial charge in [-0.3, -0.25) is 4.79 Å². The summed E-state index contributed by atoms with van der Waals surface area (Å²) < 4.78 is 5.47. The molecular weight excluding hydrogens is 254 g/mol. The maximum atomic E-state index is 11.9. The summed E-state index contributed by atoms with van der Waals surface area (Å²) in [4.78, 5) is 22.5. The minimum absolute atomic E-state index is 0.0389. The average Bonchev–Trinajstić information content (AvgIpc) is 2.90. The number of hydrogen-bond donors (Lipinski definition) is 1. The SMILES string of the molecule is CC1CC(CC2CCCC2)CCC[C@H](NC=O)C(=O)O1. The monoisotopic (exact) mass is 281 g/mol. The molecule has 1 saturated heterocycles.